The average molecular weight is 210 g/mol. The Morgan fingerprint density at radius 1 is 1.73 bits per heavy atom. The van der Waals surface area contributed by atoms with Crippen LogP contribution in [0.2, 0.25) is 0 Å². The number of ether oxygens (including phenoxy) is 2. The van der Waals surface area contributed by atoms with Crippen LogP contribution in [-0.2, 0) is 19.1 Å². The summed E-state index contributed by atoms with van der Waals surface area (Å²) in [6.45, 7) is 5.06. The van der Waals surface area contributed by atoms with Crippen LogP contribution < -0.4 is 0 Å². The first-order chi connectivity index (χ1) is 7.13. The summed E-state index contributed by atoms with van der Waals surface area (Å²) in [6, 6.07) is 0. The molecule has 1 saturated heterocycles. The van der Waals surface area contributed by atoms with E-state index < -0.39 is 6.10 Å². The maximum absolute atomic E-state index is 11.3. The van der Waals surface area contributed by atoms with E-state index in [1.165, 1.54) is 6.92 Å². The molecule has 1 rings (SSSR count). The molecule has 2 atom stereocenters. The Morgan fingerprint density at radius 3 is 3.00 bits per heavy atom. The van der Waals surface area contributed by atoms with Gasteiger partial charge in [-0.25, -0.2) is 0 Å². The third kappa shape index (κ3) is 3.67. The normalized spacial score (nSPS) is 25.8. The number of carbonyl (C=O) groups excluding carboxylic acids is 2. The first-order valence-electron chi connectivity index (χ1n) is 4.74. The Morgan fingerprint density at radius 2 is 2.47 bits per heavy atom. The summed E-state index contributed by atoms with van der Waals surface area (Å²) in [5.74, 6) is -0.318. The molecule has 0 aliphatic carbocycles. The topological polar surface area (TPSA) is 52.6 Å². The van der Waals surface area contributed by atoms with Gasteiger partial charge in [0.15, 0.2) is 5.78 Å². The van der Waals surface area contributed by atoms with Crippen LogP contribution >= 0.6 is 0 Å². The molecule has 82 valence electrons. The molecule has 0 spiro atoms. The van der Waals surface area contributed by atoms with Crippen LogP contribution in [0.4, 0.5) is 0 Å². The van der Waals surface area contributed by atoms with Crippen molar-refractivity contribution >= 4 is 11.8 Å². The summed E-state index contributed by atoms with van der Waals surface area (Å²) < 4.78 is 10.0. The van der Waals surface area contributed by atoms with Crippen LogP contribution in [0.1, 0.15) is 13.3 Å². The Hall–Kier alpha value is -1.42. The fraction of sp³-hybridized carbons (Fsp3) is 0.455. The number of esters is 1. The van der Waals surface area contributed by atoms with Crippen LogP contribution in [0.15, 0.2) is 24.8 Å². The van der Waals surface area contributed by atoms with Crippen molar-refractivity contribution in [2.45, 2.75) is 25.6 Å². The van der Waals surface area contributed by atoms with Crippen LogP contribution in [0.3, 0.4) is 0 Å². The van der Waals surface area contributed by atoms with Gasteiger partial charge in [0, 0.05) is 13.3 Å². The Balaban J connectivity index is 2.35. The monoisotopic (exact) mass is 210 g/mol. The predicted molar refractivity (Wildman–Crippen MR) is 54.3 cm³/mol. The van der Waals surface area contributed by atoms with Gasteiger partial charge in [0.2, 0.25) is 0 Å². The first-order valence-corrected chi connectivity index (χ1v) is 4.74. The van der Waals surface area contributed by atoms with Crippen molar-refractivity contribution in [3.05, 3.63) is 24.8 Å². The zero-order valence-corrected chi connectivity index (χ0v) is 8.64. The molecule has 1 aliphatic rings. The van der Waals surface area contributed by atoms with E-state index in [0.717, 1.165) is 0 Å². The van der Waals surface area contributed by atoms with E-state index in [1.54, 1.807) is 18.2 Å². The van der Waals surface area contributed by atoms with Gasteiger partial charge in [0.05, 0.1) is 6.10 Å². The smallest absolute Gasteiger partial charge is 0.302 e. The molecule has 1 heterocycles. The molecule has 15 heavy (non-hydrogen) atoms. The van der Waals surface area contributed by atoms with Crippen molar-refractivity contribution in [2.24, 2.45) is 0 Å². The largest absolute Gasteiger partial charge is 0.462 e. The highest BCUT2D eigenvalue weighted by Gasteiger charge is 2.29. The molecule has 4 heteroatoms. The minimum absolute atomic E-state index is 0.0268. The van der Waals surface area contributed by atoms with Gasteiger partial charge in [0.25, 0.3) is 0 Å². The Bertz CT molecular complexity index is 293. The molecule has 0 unspecified atom stereocenters. The molecule has 0 aromatic rings. The number of hydrogen-bond acceptors (Lipinski definition) is 4. The first kappa shape index (κ1) is 11.7. The van der Waals surface area contributed by atoms with Gasteiger partial charge in [-0.1, -0.05) is 6.08 Å². The molecule has 0 N–H and O–H groups in total. The third-order valence-electron chi connectivity index (χ3n) is 2.00. The van der Waals surface area contributed by atoms with Gasteiger partial charge in [-0.05, 0) is 12.2 Å². The maximum atomic E-state index is 11.3. The molecule has 0 radical (unpaired) electrons. The van der Waals surface area contributed by atoms with E-state index in [0.29, 0.717) is 6.42 Å². The molecule has 1 aliphatic heterocycles. The van der Waals surface area contributed by atoms with E-state index in [2.05, 4.69) is 11.3 Å². The van der Waals surface area contributed by atoms with Crippen LogP contribution in [0.5, 0.6) is 0 Å². The van der Waals surface area contributed by atoms with Gasteiger partial charge in [0.1, 0.15) is 12.7 Å². The summed E-state index contributed by atoms with van der Waals surface area (Å²) in [6.07, 6.45) is 4.47. The van der Waals surface area contributed by atoms with Crippen molar-refractivity contribution < 1.29 is 19.1 Å². The number of rotatable bonds is 4. The molecule has 0 amide bonds. The maximum Gasteiger partial charge on any atom is 0.302 e. The lowest BCUT2D eigenvalue weighted by Gasteiger charge is -2.04. The van der Waals surface area contributed by atoms with E-state index in [-0.39, 0.29) is 24.5 Å². The molecule has 1 fully saturated rings. The van der Waals surface area contributed by atoms with Crippen molar-refractivity contribution in [1.29, 1.82) is 0 Å². The summed E-state index contributed by atoms with van der Waals surface area (Å²) in [5, 5.41) is 0. The number of carbonyl (C=O) groups is 2. The summed E-state index contributed by atoms with van der Waals surface area (Å²) in [5.41, 5.74) is 0. The van der Waals surface area contributed by atoms with E-state index >= 15 is 0 Å². The van der Waals surface area contributed by atoms with Crippen molar-refractivity contribution in [3.8, 4) is 0 Å². The average Bonchev–Trinajstić information content (AvgIpc) is 2.54. The highest BCUT2D eigenvalue weighted by molar-refractivity contribution is 5.87. The van der Waals surface area contributed by atoms with Gasteiger partial charge in [-0.2, -0.15) is 0 Å². The molecule has 0 aromatic heterocycles. The van der Waals surface area contributed by atoms with E-state index in [1.807, 2.05) is 0 Å². The zero-order valence-electron chi connectivity index (χ0n) is 8.64. The Kier molecular flexibility index (Phi) is 4.24. The molecule has 4 nitrogen and oxygen atoms in total. The lowest BCUT2D eigenvalue weighted by Crippen LogP contribution is -2.12. The van der Waals surface area contributed by atoms with Crippen LogP contribution in [-0.4, -0.2) is 30.6 Å². The third-order valence-corrected chi connectivity index (χ3v) is 2.00. The second-order valence-corrected chi connectivity index (χ2v) is 3.23. The lowest BCUT2D eigenvalue weighted by atomic mass is 10.1. The van der Waals surface area contributed by atoms with Crippen molar-refractivity contribution in [2.75, 3.05) is 6.61 Å². The van der Waals surface area contributed by atoms with E-state index in [4.69, 9.17) is 4.74 Å². The van der Waals surface area contributed by atoms with Crippen molar-refractivity contribution in [1.82, 2.24) is 0 Å². The predicted octanol–water partition coefficient (Wildman–Crippen LogP) is 1.02. The summed E-state index contributed by atoms with van der Waals surface area (Å²) >= 11 is 0. The molecular formula is C11H14O4. The quantitative estimate of drug-likeness (QED) is 0.513. The lowest BCUT2D eigenvalue weighted by molar-refractivity contribution is -0.139. The van der Waals surface area contributed by atoms with Gasteiger partial charge >= 0.3 is 5.97 Å². The molecule has 0 aromatic carbocycles. The minimum Gasteiger partial charge on any atom is -0.462 e. The standard InChI is InChI=1S/C11H14O4/c1-3-9-7-10(13)11(15-9)5-4-6-14-8(2)12/h3-5,9,11H,1,6-7H2,2H3/b5-4+/t9-,11+/m1/s1. The fourth-order valence-corrected chi connectivity index (χ4v) is 1.26. The highest BCUT2D eigenvalue weighted by Crippen LogP contribution is 2.17. The van der Waals surface area contributed by atoms with Crippen molar-refractivity contribution in [3.63, 3.8) is 0 Å². The van der Waals surface area contributed by atoms with Gasteiger partial charge in [-0.15, -0.1) is 6.58 Å². The summed E-state index contributed by atoms with van der Waals surface area (Å²) in [4.78, 5) is 21.8. The molecule has 0 bridgehead atoms. The highest BCUT2D eigenvalue weighted by atomic mass is 16.5. The SMILES string of the molecule is C=C[C@@H]1CC(=O)[C@H](/C=C/COC(C)=O)O1. The minimum atomic E-state index is -0.524. The van der Waals surface area contributed by atoms with Gasteiger partial charge in [-0.3, -0.25) is 9.59 Å². The van der Waals surface area contributed by atoms with Gasteiger partial charge < -0.3 is 9.47 Å². The second-order valence-electron chi connectivity index (χ2n) is 3.23. The summed E-state index contributed by atoms with van der Waals surface area (Å²) in [7, 11) is 0. The van der Waals surface area contributed by atoms with E-state index in [9.17, 15) is 9.59 Å². The Labute approximate surface area is 88.6 Å². The number of hydrogen-bond donors (Lipinski definition) is 0. The number of ketones is 1. The molecule has 0 saturated carbocycles. The zero-order chi connectivity index (χ0) is 11.3. The fourth-order valence-electron chi connectivity index (χ4n) is 1.26. The number of Topliss-reactive ketones (excluding diaryl/α,β-unsaturated/α-hetero) is 1. The van der Waals surface area contributed by atoms with Crippen LogP contribution in [0.25, 0.3) is 0 Å². The molecular weight excluding hydrogens is 196 g/mol. The second kappa shape index (κ2) is 5.46. The van der Waals surface area contributed by atoms with Crippen LogP contribution in [0, 0.1) is 0 Å².